The number of carbonyl (C=O) groups is 1. The molecule has 1 fully saturated rings. The summed E-state index contributed by atoms with van der Waals surface area (Å²) in [6.07, 6.45) is 0.493. The van der Waals surface area contributed by atoms with Gasteiger partial charge in [0.15, 0.2) is 0 Å². The van der Waals surface area contributed by atoms with Crippen LogP contribution in [0.25, 0.3) is 0 Å². The van der Waals surface area contributed by atoms with Gasteiger partial charge in [0, 0.05) is 11.6 Å². The zero-order valence-electron chi connectivity index (χ0n) is 10.5. The van der Waals surface area contributed by atoms with E-state index in [1.54, 1.807) is 6.92 Å². The lowest BCUT2D eigenvalue weighted by molar-refractivity contribution is -0.117. The van der Waals surface area contributed by atoms with Crippen LogP contribution in [0.1, 0.15) is 38.9 Å². The molecule has 0 aliphatic heterocycles. The summed E-state index contributed by atoms with van der Waals surface area (Å²) >= 11 is 0. The van der Waals surface area contributed by atoms with Gasteiger partial charge in [-0.2, -0.15) is 0 Å². The summed E-state index contributed by atoms with van der Waals surface area (Å²) in [5.74, 6) is 0.235. The van der Waals surface area contributed by atoms with E-state index < -0.39 is 6.10 Å². The summed E-state index contributed by atoms with van der Waals surface area (Å²) in [7, 11) is 0. The molecule has 3 nitrogen and oxygen atoms in total. The van der Waals surface area contributed by atoms with Crippen LogP contribution in [0.3, 0.4) is 0 Å². The van der Waals surface area contributed by atoms with E-state index in [0.717, 1.165) is 17.7 Å². The number of amides is 1. The predicted molar refractivity (Wildman–Crippen MR) is 67.6 cm³/mol. The third-order valence-electron chi connectivity index (χ3n) is 3.49. The highest BCUT2D eigenvalue weighted by molar-refractivity contribution is 5.94. The second-order valence-corrected chi connectivity index (χ2v) is 5.53. The van der Waals surface area contributed by atoms with Gasteiger partial charge >= 0.3 is 0 Å². The van der Waals surface area contributed by atoms with Crippen molar-refractivity contribution in [1.29, 1.82) is 0 Å². The maximum atomic E-state index is 11.8. The molecule has 0 aromatic heterocycles. The smallest absolute Gasteiger partial charge is 0.228 e. The van der Waals surface area contributed by atoms with Crippen LogP contribution in [0.5, 0.6) is 0 Å². The van der Waals surface area contributed by atoms with Crippen molar-refractivity contribution in [2.24, 2.45) is 11.3 Å². The highest BCUT2D eigenvalue weighted by Crippen LogP contribution is 2.51. The van der Waals surface area contributed by atoms with E-state index in [1.165, 1.54) is 0 Å². The summed E-state index contributed by atoms with van der Waals surface area (Å²) in [4.78, 5) is 11.8. The minimum absolute atomic E-state index is 0.0970. The van der Waals surface area contributed by atoms with Crippen molar-refractivity contribution in [2.75, 3.05) is 5.32 Å². The third-order valence-corrected chi connectivity index (χ3v) is 3.49. The maximum absolute atomic E-state index is 11.8. The molecule has 1 aromatic carbocycles. The minimum atomic E-state index is -0.470. The fraction of sp³-hybridized carbons (Fsp3) is 0.500. The van der Waals surface area contributed by atoms with Crippen molar-refractivity contribution in [2.45, 2.75) is 33.3 Å². The van der Waals surface area contributed by atoms with Gasteiger partial charge in [-0.1, -0.05) is 26.0 Å². The molecule has 0 radical (unpaired) electrons. The molecular formula is C14H19NO2. The van der Waals surface area contributed by atoms with Crippen molar-refractivity contribution in [3.63, 3.8) is 0 Å². The lowest BCUT2D eigenvalue weighted by Gasteiger charge is -2.08. The molecule has 2 atom stereocenters. The Morgan fingerprint density at radius 3 is 2.35 bits per heavy atom. The van der Waals surface area contributed by atoms with Gasteiger partial charge in [-0.25, -0.2) is 0 Å². The lowest BCUT2D eigenvalue weighted by Crippen LogP contribution is -2.16. The first-order valence-corrected chi connectivity index (χ1v) is 5.99. The van der Waals surface area contributed by atoms with Crippen LogP contribution in [-0.4, -0.2) is 11.0 Å². The Balaban J connectivity index is 1.98. The first kappa shape index (κ1) is 12.1. The first-order chi connectivity index (χ1) is 7.90. The number of hydrogen-bond acceptors (Lipinski definition) is 2. The first-order valence-electron chi connectivity index (χ1n) is 5.99. The molecule has 1 aliphatic rings. The summed E-state index contributed by atoms with van der Waals surface area (Å²) in [6.45, 7) is 5.93. The Morgan fingerprint density at radius 1 is 1.41 bits per heavy atom. The van der Waals surface area contributed by atoms with Crippen LogP contribution < -0.4 is 5.32 Å². The molecule has 3 heteroatoms. The summed E-state index contributed by atoms with van der Waals surface area (Å²) in [5, 5.41) is 12.3. The van der Waals surface area contributed by atoms with E-state index >= 15 is 0 Å². The number of anilines is 1. The van der Waals surface area contributed by atoms with Gasteiger partial charge in [-0.05, 0) is 36.5 Å². The molecule has 0 saturated heterocycles. The normalized spacial score (nSPS) is 22.9. The Hall–Kier alpha value is -1.35. The number of nitrogens with one attached hydrogen (secondary N) is 1. The largest absolute Gasteiger partial charge is 0.389 e. The maximum Gasteiger partial charge on any atom is 0.228 e. The van der Waals surface area contributed by atoms with Crippen LogP contribution in [-0.2, 0) is 4.79 Å². The Bertz CT molecular complexity index is 420. The van der Waals surface area contributed by atoms with Crippen LogP contribution in [0.2, 0.25) is 0 Å². The monoisotopic (exact) mass is 233 g/mol. The quantitative estimate of drug-likeness (QED) is 0.843. The van der Waals surface area contributed by atoms with E-state index in [2.05, 4.69) is 19.2 Å². The van der Waals surface area contributed by atoms with Crippen molar-refractivity contribution in [3.05, 3.63) is 29.8 Å². The van der Waals surface area contributed by atoms with Gasteiger partial charge in [0.1, 0.15) is 0 Å². The van der Waals surface area contributed by atoms with E-state index in [1.807, 2.05) is 24.3 Å². The molecule has 17 heavy (non-hydrogen) atoms. The number of benzene rings is 1. The van der Waals surface area contributed by atoms with Crippen LogP contribution >= 0.6 is 0 Å². The van der Waals surface area contributed by atoms with Gasteiger partial charge in [0.25, 0.3) is 0 Å². The van der Waals surface area contributed by atoms with Crippen LogP contribution in [0.4, 0.5) is 5.69 Å². The number of rotatable bonds is 3. The SMILES string of the molecule is CC(O)c1ccc(NC(=O)C2CC2(C)C)cc1. The van der Waals surface area contributed by atoms with Crippen molar-refractivity contribution in [1.82, 2.24) is 0 Å². The molecule has 1 saturated carbocycles. The van der Waals surface area contributed by atoms with Gasteiger partial charge in [0.2, 0.25) is 5.91 Å². The van der Waals surface area contributed by atoms with Crippen LogP contribution in [0, 0.1) is 11.3 Å². The predicted octanol–water partition coefficient (Wildman–Crippen LogP) is 2.72. The van der Waals surface area contributed by atoms with E-state index in [9.17, 15) is 9.90 Å². The topological polar surface area (TPSA) is 49.3 Å². The Kier molecular flexibility index (Phi) is 2.96. The summed E-state index contributed by atoms with van der Waals surface area (Å²) < 4.78 is 0. The average molecular weight is 233 g/mol. The van der Waals surface area contributed by atoms with Gasteiger partial charge in [-0.15, -0.1) is 0 Å². The zero-order chi connectivity index (χ0) is 12.6. The number of aliphatic hydroxyl groups excluding tert-OH is 1. The molecule has 2 N–H and O–H groups in total. The zero-order valence-corrected chi connectivity index (χ0v) is 10.5. The Labute approximate surface area is 102 Å². The fourth-order valence-corrected chi connectivity index (χ4v) is 1.99. The summed E-state index contributed by atoms with van der Waals surface area (Å²) in [5.41, 5.74) is 1.81. The average Bonchev–Trinajstić information content (AvgIpc) is 2.89. The number of aliphatic hydroxyl groups is 1. The molecule has 1 amide bonds. The number of hydrogen-bond donors (Lipinski definition) is 2. The van der Waals surface area contributed by atoms with Crippen LogP contribution in [0.15, 0.2) is 24.3 Å². The second kappa shape index (κ2) is 4.15. The molecule has 1 aromatic rings. The second-order valence-electron chi connectivity index (χ2n) is 5.53. The van der Waals surface area contributed by atoms with Gasteiger partial charge < -0.3 is 10.4 Å². The molecular weight excluding hydrogens is 214 g/mol. The molecule has 2 unspecified atom stereocenters. The highest BCUT2D eigenvalue weighted by atomic mass is 16.3. The lowest BCUT2D eigenvalue weighted by atomic mass is 10.1. The van der Waals surface area contributed by atoms with Crippen molar-refractivity contribution >= 4 is 11.6 Å². The van der Waals surface area contributed by atoms with Crippen molar-refractivity contribution < 1.29 is 9.90 Å². The molecule has 0 spiro atoms. The van der Waals surface area contributed by atoms with E-state index in [-0.39, 0.29) is 17.2 Å². The fourth-order valence-electron chi connectivity index (χ4n) is 1.99. The summed E-state index contributed by atoms with van der Waals surface area (Å²) in [6, 6.07) is 7.32. The van der Waals surface area contributed by atoms with Crippen molar-refractivity contribution in [3.8, 4) is 0 Å². The Morgan fingerprint density at radius 2 is 1.94 bits per heavy atom. The molecule has 2 rings (SSSR count). The van der Waals surface area contributed by atoms with Gasteiger partial charge in [-0.3, -0.25) is 4.79 Å². The third kappa shape index (κ3) is 2.67. The molecule has 1 aliphatic carbocycles. The molecule has 0 heterocycles. The number of carbonyl (C=O) groups excluding carboxylic acids is 1. The minimum Gasteiger partial charge on any atom is -0.389 e. The standard InChI is InChI=1S/C14H19NO2/c1-9(16)10-4-6-11(7-5-10)15-13(17)12-8-14(12,2)3/h4-7,9,12,16H,8H2,1-3H3,(H,15,17). The highest BCUT2D eigenvalue weighted by Gasteiger charge is 2.50. The van der Waals surface area contributed by atoms with E-state index in [0.29, 0.717) is 0 Å². The molecule has 0 bridgehead atoms. The van der Waals surface area contributed by atoms with E-state index in [4.69, 9.17) is 0 Å². The van der Waals surface area contributed by atoms with Gasteiger partial charge in [0.05, 0.1) is 6.10 Å². The molecule has 92 valence electrons.